The monoisotopic (exact) mass is 352 g/mol. The van der Waals surface area contributed by atoms with E-state index in [1.54, 1.807) is 24.4 Å². The summed E-state index contributed by atoms with van der Waals surface area (Å²) in [5.74, 6) is -0.247. The van der Waals surface area contributed by atoms with E-state index in [0.717, 1.165) is 6.07 Å². The van der Waals surface area contributed by atoms with Gasteiger partial charge in [0, 0.05) is 18.8 Å². The van der Waals surface area contributed by atoms with Crippen LogP contribution in [0.15, 0.2) is 47.5 Å². The van der Waals surface area contributed by atoms with E-state index in [2.05, 4.69) is 4.98 Å². The zero-order chi connectivity index (χ0) is 17.2. The number of methoxy groups -OCH3 is 1. The predicted molar refractivity (Wildman–Crippen MR) is 85.0 cm³/mol. The second-order valence-corrected chi connectivity index (χ2v) is 7.29. The first-order valence-electron chi connectivity index (χ1n) is 7.42. The fourth-order valence-corrected chi connectivity index (χ4v) is 4.06. The summed E-state index contributed by atoms with van der Waals surface area (Å²) >= 11 is 0. The number of hydrogen-bond donors (Lipinski definition) is 0. The third kappa shape index (κ3) is 3.34. The summed E-state index contributed by atoms with van der Waals surface area (Å²) in [4.78, 5) is 3.97. The Bertz CT molecular complexity index is 814. The molecule has 0 aliphatic carbocycles. The van der Waals surface area contributed by atoms with Crippen molar-refractivity contribution in [2.45, 2.75) is 17.4 Å². The van der Waals surface area contributed by atoms with Gasteiger partial charge in [-0.3, -0.25) is 0 Å². The van der Waals surface area contributed by atoms with Crippen molar-refractivity contribution in [1.29, 1.82) is 0 Å². The van der Waals surface area contributed by atoms with Gasteiger partial charge in [0.15, 0.2) is 11.6 Å². The first-order valence-corrected chi connectivity index (χ1v) is 8.86. The molecule has 1 aliphatic heterocycles. The molecule has 0 N–H and O–H groups in total. The Balaban J connectivity index is 1.73. The van der Waals surface area contributed by atoms with Crippen LogP contribution >= 0.6 is 0 Å². The van der Waals surface area contributed by atoms with E-state index in [0.29, 0.717) is 18.8 Å². The van der Waals surface area contributed by atoms with E-state index in [1.165, 1.54) is 23.5 Å². The van der Waals surface area contributed by atoms with E-state index in [4.69, 9.17) is 9.47 Å². The fourth-order valence-electron chi connectivity index (χ4n) is 2.56. The maximum Gasteiger partial charge on any atom is 0.243 e. The zero-order valence-corrected chi connectivity index (χ0v) is 13.9. The maximum absolute atomic E-state index is 13.8. The molecule has 0 radical (unpaired) electrons. The van der Waals surface area contributed by atoms with Crippen LogP contribution in [0.25, 0.3) is 0 Å². The second kappa shape index (κ2) is 6.74. The first-order chi connectivity index (χ1) is 11.5. The molecule has 2 heterocycles. The average molecular weight is 352 g/mol. The van der Waals surface area contributed by atoms with Crippen molar-refractivity contribution in [2.24, 2.45) is 0 Å². The number of nitrogens with zero attached hydrogens (tertiary/aromatic N) is 2. The molecule has 1 atom stereocenters. The van der Waals surface area contributed by atoms with Crippen LogP contribution in [-0.4, -0.2) is 44.0 Å². The molecule has 1 aromatic heterocycles. The average Bonchev–Trinajstić information content (AvgIpc) is 3.05. The van der Waals surface area contributed by atoms with Gasteiger partial charge in [-0.1, -0.05) is 6.07 Å². The summed E-state index contributed by atoms with van der Waals surface area (Å²) in [5, 5.41) is 0. The lowest BCUT2D eigenvalue weighted by molar-refractivity contribution is 0.207. The normalized spacial score (nSPS) is 18.5. The number of aromatic nitrogens is 1. The summed E-state index contributed by atoms with van der Waals surface area (Å²) in [6, 6.07) is 8.91. The minimum Gasteiger partial charge on any atom is -0.494 e. The SMILES string of the molecule is COc1ccc(S(=O)(=O)N2CCC(Oc3ccccn3)C2)cc1F. The molecule has 1 fully saturated rings. The summed E-state index contributed by atoms with van der Waals surface area (Å²) in [7, 11) is -2.45. The molecule has 0 spiro atoms. The highest BCUT2D eigenvalue weighted by atomic mass is 32.2. The van der Waals surface area contributed by atoms with Crippen molar-refractivity contribution in [3.8, 4) is 11.6 Å². The lowest BCUT2D eigenvalue weighted by Gasteiger charge is -2.17. The molecule has 8 heteroatoms. The van der Waals surface area contributed by atoms with Crippen molar-refractivity contribution in [2.75, 3.05) is 20.2 Å². The third-order valence-electron chi connectivity index (χ3n) is 3.79. The van der Waals surface area contributed by atoms with Crippen molar-refractivity contribution < 1.29 is 22.3 Å². The first kappa shape index (κ1) is 16.7. The van der Waals surface area contributed by atoms with Crippen molar-refractivity contribution in [3.63, 3.8) is 0 Å². The van der Waals surface area contributed by atoms with Crippen molar-refractivity contribution >= 4 is 10.0 Å². The molecule has 128 valence electrons. The summed E-state index contributed by atoms with van der Waals surface area (Å²) in [6.07, 6.45) is 1.88. The molecule has 1 saturated heterocycles. The predicted octanol–water partition coefficient (Wildman–Crippen LogP) is 2.07. The third-order valence-corrected chi connectivity index (χ3v) is 5.66. The highest BCUT2D eigenvalue weighted by Gasteiger charge is 2.34. The molecule has 1 unspecified atom stereocenters. The molecule has 1 aromatic carbocycles. The Morgan fingerprint density at radius 3 is 2.79 bits per heavy atom. The zero-order valence-electron chi connectivity index (χ0n) is 13.1. The minimum absolute atomic E-state index is 0.00623. The number of pyridine rings is 1. The van der Waals surface area contributed by atoms with Crippen molar-refractivity contribution in [3.05, 3.63) is 48.4 Å². The van der Waals surface area contributed by atoms with E-state index in [9.17, 15) is 12.8 Å². The van der Waals surface area contributed by atoms with E-state index in [-0.39, 0.29) is 23.3 Å². The van der Waals surface area contributed by atoms with Crippen LogP contribution in [0.1, 0.15) is 6.42 Å². The Kier molecular flexibility index (Phi) is 4.68. The van der Waals surface area contributed by atoms with Gasteiger partial charge >= 0.3 is 0 Å². The number of ether oxygens (including phenoxy) is 2. The van der Waals surface area contributed by atoms with Gasteiger partial charge in [-0.05, 0) is 30.7 Å². The highest BCUT2D eigenvalue weighted by Crippen LogP contribution is 2.26. The minimum atomic E-state index is -3.77. The number of halogens is 1. The second-order valence-electron chi connectivity index (χ2n) is 5.36. The molecule has 3 rings (SSSR count). The number of hydrogen-bond acceptors (Lipinski definition) is 5. The van der Waals surface area contributed by atoms with Crippen molar-refractivity contribution in [1.82, 2.24) is 9.29 Å². The number of rotatable bonds is 5. The molecule has 0 bridgehead atoms. The van der Waals surface area contributed by atoms with Gasteiger partial charge in [0.2, 0.25) is 15.9 Å². The maximum atomic E-state index is 13.8. The van der Waals surface area contributed by atoms with Gasteiger partial charge in [0.25, 0.3) is 0 Å². The Hall–Kier alpha value is -2.19. The lowest BCUT2D eigenvalue weighted by Crippen LogP contribution is -2.31. The van der Waals surface area contributed by atoms with Crippen LogP contribution in [0, 0.1) is 5.82 Å². The van der Waals surface area contributed by atoms with Gasteiger partial charge in [-0.25, -0.2) is 17.8 Å². The fraction of sp³-hybridized carbons (Fsp3) is 0.312. The Labute approximate surface area is 139 Å². The largest absolute Gasteiger partial charge is 0.494 e. The highest BCUT2D eigenvalue weighted by molar-refractivity contribution is 7.89. The van der Waals surface area contributed by atoms with Gasteiger partial charge in [-0.2, -0.15) is 4.31 Å². The standard InChI is InChI=1S/C16H17FN2O4S/c1-22-15-6-5-13(10-14(15)17)24(20,21)19-9-7-12(11-19)23-16-4-2-3-8-18-16/h2-6,8,10,12H,7,9,11H2,1H3. The molecule has 0 saturated carbocycles. The molecular formula is C16H17FN2O4S. The molecule has 6 nitrogen and oxygen atoms in total. The van der Waals surface area contributed by atoms with E-state index < -0.39 is 15.8 Å². The van der Waals surface area contributed by atoms with Crippen LogP contribution < -0.4 is 9.47 Å². The van der Waals surface area contributed by atoms with Crippen LogP contribution in [0.5, 0.6) is 11.6 Å². The lowest BCUT2D eigenvalue weighted by atomic mass is 10.3. The Morgan fingerprint density at radius 1 is 1.29 bits per heavy atom. The molecule has 24 heavy (non-hydrogen) atoms. The van der Waals surface area contributed by atoms with Crippen LogP contribution in [-0.2, 0) is 10.0 Å². The summed E-state index contributed by atoms with van der Waals surface area (Å²) < 4.78 is 50.8. The molecule has 0 amide bonds. The number of sulfonamides is 1. The van der Waals surface area contributed by atoms with Crippen LogP contribution in [0.3, 0.4) is 0 Å². The van der Waals surface area contributed by atoms with Crippen LogP contribution in [0.2, 0.25) is 0 Å². The quantitative estimate of drug-likeness (QED) is 0.824. The van der Waals surface area contributed by atoms with Gasteiger partial charge in [0.05, 0.1) is 18.6 Å². The Morgan fingerprint density at radius 2 is 2.12 bits per heavy atom. The molecule has 1 aliphatic rings. The van der Waals surface area contributed by atoms with Gasteiger partial charge < -0.3 is 9.47 Å². The number of benzene rings is 1. The molecular weight excluding hydrogens is 335 g/mol. The van der Waals surface area contributed by atoms with Crippen LogP contribution in [0.4, 0.5) is 4.39 Å². The van der Waals surface area contributed by atoms with E-state index >= 15 is 0 Å². The van der Waals surface area contributed by atoms with Gasteiger partial charge in [0.1, 0.15) is 6.10 Å². The summed E-state index contributed by atoms with van der Waals surface area (Å²) in [6.45, 7) is 0.514. The molecule has 2 aromatic rings. The summed E-state index contributed by atoms with van der Waals surface area (Å²) in [5.41, 5.74) is 0. The van der Waals surface area contributed by atoms with Gasteiger partial charge in [-0.15, -0.1) is 0 Å². The topological polar surface area (TPSA) is 68.7 Å². The smallest absolute Gasteiger partial charge is 0.243 e. The van der Waals surface area contributed by atoms with E-state index in [1.807, 2.05) is 0 Å².